The van der Waals surface area contributed by atoms with Gasteiger partial charge in [0.15, 0.2) is 0 Å². The topological polar surface area (TPSA) is 18.5 Å². The SMILES string of the molecule is COc1cc(C)c(Cl)c2c1C=CC(C)(CCC=C(C)C)O2. The Bertz CT molecular complexity index is 598. The van der Waals surface area contributed by atoms with Gasteiger partial charge in [-0.2, -0.15) is 0 Å². The van der Waals surface area contributed by atoms with Crippen molar-refractivity contribution in [3.05, 3.63) is 39.9 Å². The van der Waals surface area contributed by atoms with E-state index >= 15 is 0 Å². The van der Waals surface area contributed by atoms with Crippen LogP contribution in [0.5, 0.6) is 11.5 Å². The maximum absolute atomic E-state index is 6.43. The highest BCUT2D eigenvalue weighted by molar-refractivity contribution is 6.33. The van der Waals surface area contributed by atoms with Gasteiger partial charge in [-0.15, -0.1) is 0 Å². The molecule has 1 atom stereocenters. The number of hydrogen-bond acceptors (Lipinski definition) is 2. The van der Waals surface area contributed by atoms with E-state index in [1.54, 1.807) is 7.11 Å². The second kappa shape index (κ2) is 6.15. The van der Waals surface area contributed by atoms with Crippen LogP contribution in [-0.4, -0.2) is 12.7 Å². The van der Waals surface area contributed by atoms with Crippen molar-refractivity contribution < 1.29 is 9.47 Å². The summed E-state index contributed by atoms with van der Waals surface area (Å²) in [7, 11) is 1.67. The van der Waals surface area contributed by atoms with E-state index in [0.29, 0.717) is 5.02 Å². The first-order valence-corrected chi connectivity index (χ1v) is 7.63. The highest BCUT2D eigenvalue weighted by atomic mass is 35.5. The minimum Gasteiger partial charge on any atom is -0.496 e. The summed E-state index contributed by atoms with van der Waals surface area (Å²) >= 11 is 6.43. The predicted molar refractivity (Wildman–Crippen MR) is 89.5 cm³/mol. The van der Waals surface area contributed by atoms with Crippen LogP contribution in [0, 0.1) is 6.92 Å². The minimum atomic E-state index is -0.332. The molecule has 0 radical (unpaired) electrons. The van der Waals surface area contributed by atoms with Gasteiger partial charge >= 0.3 is 0 Å². The Labute approximate surface area is 132 Å². The summed E-state index contributed by atoms with van der Waals surface area (Å²) < 4.78 is 11.7. The molecule has 0 amide bonds. The molecule has 1 aliphatic rings. The van der Waals surface area contributed by atoms with Crippen LogP contribution >= 0.6 is 11.6 Å². The van der Waals surface area contributed by atoms with E-state index in [-0.39, 0.29) is 5.60 Å². The fourth-order valence-corrected chi connectivity index (χ4v) is 2.68. The Kier molecular flexibility index (Phi) is 4.67. The van der Waals surface area contributed by atoms with Crippen molar-refractivity contribution in [1.29, 1.82) is 0 Å². The number of halogens is 1. The van der Waals surface area contributed by atoms with Crippen LogP contribution in [0.15, 0.2) is 23.8 Å². The summed E-state index contributed by atoms with van der Waals surface area (Å²) in [6.07, 6.45) is 8.30. The summed E-state index contributed by atoms with van der Waals surface area (Å²) in [6.45, 7) is 8.28. The van der Waals surface area contributed by atoms with Crippen molar-refractivity contribution in [3.8, 4) is 11.5 Å². The normalized spacial score (nSPS) is 19.7. The highest BCUT2D eigenvalue weighted by Crippen LogP contribution is 2.44. The maximum atomic E-state index is 6.43. The molecule has 1 aliphatic heterocycles. The minimum absolute atomic E-state index is 0.332. The van der Waals surface area contributed by atoms with Gasteiger partial charge in [0.1, 0.15) is 17.1 Å². The fraction of sp³-hybridized carbons (Fsp3) is 0.444. The van der Waals surface area contributed by atoms with Crippen molar-refractivity contribution in [3.63, 3.8) is 0 Å². The number of hydrogen-bond donors (Lipinski definition) is 0. The molecule has 0 saturated heterocycles. The molecule has 0 fully saturated rings. The summed E-state index contributed by atoms with van der Waals surface area (Å²) in [5.41, 5.74) is 2.89. The molecule has 0 N–H and O–H groups in total. The lowest BCUT2D eigenvalue weighted by molar-refractivity contribution is 0.128. The summed E-state index contributed by atoms with van der Waals surface area (Å²) in [5, 5.41) is 0.670. The summed E-state index contributed by atoms with van der Waals surface area (Å²) in [5.74, 6) is 1.53. The van der Waals surface area contributed by atoms with Crippen LogP contribution in [0.3, 0.4) is 0 Å². The lowest BCUT2D eigenvalue weighted by atomic mass is 9.94. The van der Waals surface area contributed by atoms with Crippen LogP contribution < -0.4 is 9.47 Å². The molecule has 1 aromatic rings. The molecule has 0 spiro atoms. The van der Waals surface area contributed by atoms with Crippen LogP contribution in [0.2, 0.25) is 5.02 Å². The zero-order valence-electron chi connectivity index (χ0n) is 13.4. The van der Waals surface area contributed by atoms with Gasteiger partial charge in [0, 0.05) is 0 Å². The van der Waals surface area contributed by atoms with Crippen molar-refractivity contribution in [2.24, 2.45) is 0 Å². The van der Waals surface area contributed by atoms with Gasteiger partial charge in [-0.25, -0.2) is 0 Å². The quantitative estimate of drug-likeness (QED) is 0.677. The Hall–Kier alpha value is -1.41. The molecule has 0 saturated carbocycles. The average molecular weight is 307 g/mol. The van der Waals surface area contributed by atoms with Crippen molar-refractivity contribution in [2.45, 2.75) is 46.1 Å². The van der Waals surface area contributed by atoms with Crippen LogP contribution in [0.25, 0.3) is 6.08 Å². The first-order chi connectivity index (χ1) is 9.86. The summed E-state index contributed by atoms with van der Waals surface area (Å²) in [4.78, 5) is 0. The van der Waals surface area contributed by atoms with Gasteiger partial charge < -0.3 is 9.47 Å². The molecule has 0 aromatic heterocycles. The van der Waals surface area contributed by atoms with Gasteiger partial charge in [0.25, 0.3) is 0 Å². The number of ether oxygens (including phenoxy) is 2. The molecule has 114 valence electrons. The van der Waals surface area contributed by atoms with Gasteiger partial charge in [-0.05, 0) is 64.3 Å². The molecule has 3 heteroatoms. The second-order valence-electron chi connectivity index (χ2n) is 6.02. The van der Waals surface area contributed by atoms with Crippen LogP contribution in [0.4, 0.5) is 0 Å². The molecule has 2 nitrogen and oxygen atoms in total. The standard InChI is InChI=1S/C18H23ClO2/c1-12(2)7-6-9-18(4)10-8-14-15(20-5)11-13(3)16(19)17(14)21-18/h7-8,10-11H,6,9H2,1-5H3. The third kappa shape index (κ3) is 3.44. The highest BCUT2D eigenvalue weighted by Gasteiger charge is 2.30. The first kappa shape index (κ1) is 16.0. The zero-order valence-corrected chi connectivity index (χ0v) is 14.2. The number of methoxy groups -OCH3 is 1. The van der Waals surface area contributed by atoms with E-state index in [9.17, 15) is 0 Å². The third-order valence-corrected chi connectivity index (χ3v) is 4.22. The lowest BCUT2D eigenvalue weighted by Gasteiger charge is -2.33. The molecule has 1 heterocycles. The number of allylic oxidation sites excluding steroid dienone is 2. The molecule has 0 aliphatic carbocycles. The van der Waals surface area contributed by atoms with Gasteiger partial charge in [0.2, 0.25) is 0 Å². The number of fused-ring (bicyclic) bond motifs is 1. The lowest BCUT2D eigenvalue weighted by Crippen LogP contribution is -2.32. The van der Waals surface area contributed by atoms with Crippen molar-refractivity contribution >= 4 is 17.7 Å². The van der Waals surface area contributed by atoms with Crippen molar-refractivity contribution in [1.82, 2.24) is 0 Å². The Morgan fingerprint density at radius 2 is 2.14 bits per heavy atom. The van der Waals surface area contributed by atoms with E-state index in [2.05, 4.69) is 39.0 Å². The Morgan fingerprint density at radius 1 is 1.43 bits per heavy atom. The molecule has 1 aromatic carbocycles. The molecule has 21 heavy (non-hydrogen) atoms. The second-order valence-corrected chi connectivity index (χ2v) is 6.40. The molecule has 1 unspecified atom stereocenters. The monoisotopic (exact) mass is 306 g/mol. The van der Waals surface area contributed by atoms with E-state index in [1.165, 1.54) is 5.57 Å². The third-order valence-electron chi connectivity index (χ3n) is 3.75. The van der Waals surface area contributed by atoms with Gasteiger partial charge in [-0.3, -0.25) is 0 Å². The molecule has 0 bridgehead atoms. The Balaban J connectivity index is 2.32. The number of rotatable bonds is 4. The molecule has 2 rings (SSSR count). The van der Waals surface area contributed by atoms with Gasteiger partial charge in [-0.1, -0.05) is 23.3 Å². The van der Waals surface area contributed by atoms with E-state index < -0.39 is 0 Å². The largest absolute Gasteiger partial charge is 0.496 e. The average Bonchev–Trinajstić information content (AvgIpc) is 2.42. The van der Waals surface area contributed by atoms with Crippen LogP contribution in [-0.2, 0) is 0 Å². The van der Waals surface area contributed by atoms with Crippen LogP contribution in [0.1, 0.15) is 44.7 Å². The van der Waals surface area contributed by atoms with Gasteiger partial charge in [0.05, 0.1) is 17.7 Å². The zero-order chi connectivity index (χ0) is 15.6. The van der Waals surface area contributed by atoms with Crippen molar-refractivity contribution in [2.75, 3.05) is 7.11 Å². The maximum Gasteiger partial charge on any atom is 0.150 e. The van der Waals surface area contributed by atoms with E-state index in [4.69, 9.17) is 21.1 Å². The molecular formula is C18H23ClO2. The Morgan fingerprint density at radius 3 is 2.76 bits per heavy atom. The predicted octanol–water partition coefficient (Wildman–Crippen LogP) is 5.57. The van der Waals surface area contributed by atoms with E-state index in [1.807, 2.05) is 13.0 Å². The molecular weight excluding hydrogens is 284 g/mol. The fourth-order valence-electron chi connectivity index (χ4n) is 2.48. The number of benzene rings is 1. The summed E-state index contributed by atoms with van der Waals surface area (Å²) in [6, 6.07) is 1.95. The smallest absolute Gasteiger partial charge is 0.150 e. The number of aryl methyl sites for hydroxylation is 1. The van der Waals surface area contributed by atoms with E-state index in [0.717, 1.165) is 35.5 Å². The first-order valence-electron chi connectivity index (χ1n) is 7.25.